The summed E-state index contributed by atoms with van der Waals surface area (Å²) in [6, 6.07) is 0. The molecule has 84 valence electrons. The molecule has 1 saturated heterocycles. The molecule has 0 amide bonds. The molecular formula is C13H27N. The summed E-state index contributed by atoms with van der Waals surface area (Å²) in [5.41, 5.74) is 0.468. The molecule has 0 radical (unpaired) electrons. The highest BCUT2D eigenvalue weighted by atomic mass is 14.9. The highest BCUT2D eigenvalue weighted by molar-refractivity contribution is 4.85. The van der Waals surface area contributed by atoms with Crippen LogP contribution in [0.3, 0.4) is 0 Å². The zero-order valence-electron chi connectivity index (χ0n) is 10.6. The third-order valence-electron chi connectivity index (χ3n) is 3.61. The molecule has 14 heavy (non-hydrogen) atoms. The smallest absolute Gasteiger partial charge is 0.00462 e. The standard InChI is InChI=1S/C13H27N/c1-10(2)12(13(3,4)5)11-6-8-14-9-7-11/h10-12,14H,6-9H2,1-5H3. The van der Waals surface area contributed by atoms with Crippen molar-refractivity contribution >= 4 is 0 Å². The Morgan fingerprint density at radius 3 is 1.93 bits per heavy atom. The van der Waals surface area contributed by atoms with Gasteiger partial charge in [-0.15, -0.1) is 0 Å². The van der Waals surface area contributed by atoms with Crippen LogP contribution >= 0.6 is 0 Å². The van der Waals surface area contributed by atoms with Crippen molar-refractivity contribution in [3.63, 3.8) is 0 Å². The van der Waals surface area contributed by atoms with Crippen LogP contribution in [0.5, 0.6) is 0 Å². The van der Waals surface area contributed by atoms with Crippen molar-refractivity contribution in [3.05, 3.63) is 0 Å². The quantitative estimate of drug-likeness (QED) is 0.716. The van der Waals surface area contributed by atoms with Crippen LogP contribution in [-0.4, -0.2) is 13.1 Å². The van der Waals surface area contributed by atoms with Gasteiger partial charge in [0.15, 0.2) is 0 Å². The third-order valence-corrected chi connectivity index (χ3v) is 3.61. The Morgan fingerprint density at radius 1 is 1.07 bits per heavy atom. The first-order chi connectivity index (χ1) is 6.43. The summed E-state index contributed by atoms with van der Waals surface area (Å²) in [6.45, 7) is 14.4. The lowest BCUT2D eigenvalue weighted by atomic mass is 9.65. The summed E-state index contributed by atoms with van der Waals surface area (Å²) < 4.78 is 0. The summed E-state index contributed by atoms with van der Waals surface area (Å²) in [4.78, 5) is 0. The Morgan fingerprint density at radius 2 is 1.57 bits per heavy atom. The van der Waals surface area contributed by atoms with Crippen LogP contribution in [0.15, 0.2) is 0 Å². The van der Waals surface area contributed by atoms with Crippen LogP contribution in [0.1, 0.15) is 47.5 Å². The van der Waals surface area contributed by atoms with Crippen molar-refractivity contribution in [3.8, 4) is 0 Å². The van der Waals surface area contributed by atoms with E-state index in [1.54, 1.807) is 0 Å². The van der Waals surface area contributed by atoms with Gasteiger partial charge in [-0.25, -0.2) is 0 Å². The maximum absolute atomic E-state index is 3.46. The molecule has 0 aromatic carbocycles. The van der Waals surface area contributed by atoms with E-state index in [0.717, 1.165) is 17.8 Å². The second-order valence-corrected chi connectivity index (χ2v) is 6.22. The van der Waals surface area contributed by atoms with Gasteiger partial charge in [-0.2, -0.15) is 0 Å². The van der Waals surface area contributed by atoms with Crippen LogP contribution in [0, 0.1) is 23.2 Å². The normalized spacial score (nSPS) is 22.7. The lowest BCUT2D eigenvalue weighted by molar-refractivity contribution is 0.0845. The van der Waals surface area contributed by atoms with E-state index in [-0.39, 0.29) is 0 Å². The molecule has 1 fully saturated rings. The van der Waals surface area contributed by atoms with E-state index >= 15 is 0 Å². The fraction of sp³-hybridized carbons (Fsp3) is 1.00. The van der Waals surface area contributed by atoms with Gasteiger partial charge in [0.05, 0.1) is 0 Å². The lowest BCUT2D eigenvalue weighted by Gasteiger charge is -2.42. The van der Waals surface area contributed by atoms with Crippen molar-refractivity contribution in [2.24, 2.45) is 23.2 Å². The summed E-state index contributed by atoms with van der Waals surface area (Å²) in [7, 11) is 0. The molecule has 0 spiro atoms. The fourth-order valence-corrected chi connectivity index (χ4v) is 3.45. The Balaban J connectivity index is 2.66. The van der Waals surface area contributed by atoms with E-state index < -0.39 is 0 Å². The first-order valence-electron chi connectivity index (χ1n) is 6.13. The first-order valence-corrected chi connectivity index (χ1v) is 6.13. The van der Waals surface area contributed by atoms with Gasteiger partial charge in [0.2, 0.25) is 0 Å². The number of rotatable bonds is 2. The molecule has 1 aliphatic rings. The second kappa shape index (κ2) is 4.65. The molecule has 1 rings (SSSR count). The van der Waals surface area contributed by atoms with E-state index in [0.29, 0.717) is 5.41 Å². The van der Waals surface area contributed by atoms with E-state index in [9.17, 15) is 0 Å². The minimum Gasteiger partial charge on any atom is -0.317 e. The molecule has 0 saturated carbocycles. The number of hydrogen-bond acceptors (Lipinski definition) is 1. The first kappa shape index (κ1) is 12.0. The van der Waals surface area contributed by atoms with Gasteiger partial charge in [0.25, 0.3) is 0 Å². The maximum atomic E-state index is 3.46. The number of piperidine rings is 1. The Kier molecular flexibility index (Phi) is 4.00. The van der Waals surface area contributed by atoms with Gasteiger partial charge in [0.1, 0.15) is 0 Å². The van der Waals surface area contributed by atoms with Crippen LogP contribution in [-0.2, 0) is 0 Å². The highest BCUT2D eigenvalue weighted by Gasteiger charge is 2.34. The number of nitrogens with one attached hydrogen (secondary N) is 1. The molecule has 1 heteroatoms. The van der Waals surface area contributed by atoms with E-state index in [4.69, 9.17) is 0 Å². The molecule has 1 aliphatic heterocycles. The zero-order valence-corrected chi connectivity index (χ0v) is 10.6. The van der Waals surface area contributed by atoms with Crippen molar-refractivity contribution < 1.29 is 0 Å². The minimum absolute atomic E-state index is 0.468. The molecule has 0 bridgehead atoms. The van der Waals surface area contributed by atoms with E-state index in [2.05, 4.69) is 39.9 Å². The van der Waals surface area contributed by atoms with Gasteiger partial charge < -0.3 is 5.32 Å². The SMILES string of the molecule is CC(C)C(C1CCNCC1)C(C)(C)C. The predicted molar refractivity (Wildman–Crippen MR) is 63.4 cm³/mol. The molecule has 0 aromatic rings. The summed E-state index contributed by atoms with van der Waals surface area (Å²) in [5.74, 6) is 2.64. The molecule has 0 aromatic heterocycles. The molecule has 1 atom stereocenters. The van der Waals surface area contributed by atoms with Crippen molar-refractivity contribution in [2.45, 2.75) is 47.5 Å². The minimum atomic E-state index is 0.468. The van der Waals surface area contributed by atoms with E-state index in [1.165, 1.54) is 25.9 Å². The van der Waals surface area contributed by atoms with Crippen LogP contribution in [0.25, 0.3) is 0 Å². The maximum Gasteiger partial charge on any atom is -0.00462 e. The summed E-state index contributed by atoms with van der Waals surface area (Å²) in [5, 5.41) is 3.46. The topological polar surface area (TPSA) is 12.0 Å². The second-order valence-electron chi connectivity index (χ2n) is 6.22. The molecule has 1 unspecified atom stereocenters. The van der Waals surface area contributed by atoms with Gasteiger partial charge in [-0.05, 0) is 49.1 Å². The monoisotopic (exact) mass is 197 g/mol. The summed E-state index contributed by atoms with van der Waals surface area (Å²) >= 11 is 0. The average molecular weight is 197 g/mol. The molecule has 1 nitrogen and oxygen atoms in total. The Hall–Kier alpha value is -0.0400. The Bertz CT molecular complexity index is 161. The lowest BCUT2D eigenvalue weighted by Crippen LogP contribution is -2.39. The van der Waals surface area contributed by atoms with E-state index in [1.807, 2.05) is 0 Å². The van der Waals surface area contributed by atoms with Crippen LogP contribution < -0.4 is 5.32 Å². The number of hydrogen-bond donors (Lipinski definition) is 1. The molecular weight excluding hydrogens is 170 g/mol. The van der Waals surface area contributed by atoms with Crippen molar-refractivity contribution in [1.29, 1.82) is 0 Å². The average Bonchev–Trinajstić information content (AvgIpc) is 2.02. The third kappa shape index (κ3) is 2.98. The van der Waals surface area contributed by atoms with Crippen molar-refractivity contribution in [2.75, 3.05) is 13.1 Å². The van der Waals surface area contributed by atoms with Crippen LogP contribution in [0.2, 0.25) is 0 Å². The molecule has 0 aliphatic carbocycles. The van der Waals surface area contributed by atoms with Gasteiger partial charge in [-0.3, -0.25) is 0 Å². The van der Waals surface area contributed by atoms with Gasteiger partial charge >= 0.3 is 0 Å². The van der Waals surface area contributed by atoms with Gasteiger partial charge in [-0.1, -0.05) is 34.6 Å². The zero-order chi connectivity index (χ0) is 10.8. The highest BCUT2D eigenvalue weighted by Crippen LogP contribution is 2.41. The molecule has 1 N–H and O–H groups in total. The summed E-state index contributed by atoms with van der Waals surface area (Å²) in [6.07, 6.45) is 2.75. The van der Waals surface area contributed by atoms with Crippen molar-refractivity contribution in [1.82, 2.24) is 5.32 Å². The van der Waals surface area contributed by atoms with Crippen LogP contribution in [0.4, 0.5) is 0 Å². The molecule has 1 heterocycles. The van der Waals surface area contributed by atoms with Gasteiger partial charge in [0, 0.05) is 0 Å². The fourth-order valence-electron chi connectivity index (χ4n) is 3.45. The predicted octanol–water partition coefficient (Wildman–Crippen LogP) is 3.30. The Labute approximate surface area is 89.7 Å². The largest absolute Gasteiger partial charge is 0.317 e.